The van der Waals surface area contributed by atoms with Gasteiger partial charge in [-0.1, -0.05) is 13.8 Å². The van der Waals surface area contributed by atoms with Gasteiger partial charge >= 0.3 is 0 Å². The van der Waals surface area contributed by atoms with Crippen LogP contribution >= 0.6 is 0 Å². The van der Waals surface area contributed by atoms with Crippen LogP contribution in [0.4, 0.5) is 16.2 Å². The Morgan fingerprint density at radius 3 is 2.94 bits per heavy atom. The molecule has 4 N–H and O–H groups in total. The minimum absolute atomic E-state index is 0.112. The van der Waals surface area contributed by atoms with Crippen molar-refractivity contribution in [3.05, 3.63) is 12.0 Å². The van der Waals surface area contributed by atoms with Crippen LogP contribution in [0.25, 0.3) is 0 Å². The third kappa shape index (κ3) is 4.92. The summed E-state index contributed by atoms with van der Waals surface area (Å²) in [5.41, 5.74) is 2.25. The van der Waals surface area contributed by atoms with E-state index in [2.05, 4.69) is 34.6 Å². The molecule has 1 rings (SSSR count). The van der Waals surface area contributed by atoms with Crippen LogP contribution in [0, 0.1) is 11.7 Å². The first kappa shape index (κ1) is 13.6. The third-order valence-corrected chi connectivity index (χ3v) is 1.86. The van der Waals surface area contributed by atoms with E-state index in [1.54, 1.807) is 0 Å². The molecular formula is C10H18FN5O. The largest absolute Gasteiger partial charge is 0.379 e. The van der Waals surface area contributed by atoms with Gasteiger partial charge in [0.2, 0.25) is 5.95 Å². The monoisotopic (exact) mass is 243 g/mol. The maximum Gasteiger partial charge on any atom is 0.239 e. The molecule has 1 aromatic rings. The van der Waals surface area contributed by atoms with Crippen LogP contribution in [0.15, 0.2) is 6.20 Å². The van der Waals surface area contributed by atoms with Crippen molar-refractivity contribution < 1.29 is 9.13 Å². The zero-order valence-electron chi connectivity index (χ0n) is 10.0. The van der Waals surface area contributed by atoms with Crippen LogP contribution in [-0.4, -0.2) is 29.7 Å². The molecule has 0 amide bonds. The average molecular weight is 243 g/mol. The van der Waals surface area contributed by atoms with Crippen LogP contribution in [0.3, 0.4) is 0 Å². The molecule has 1 heterocycles. The molecule has 0 fully saturated rings. The topological polar surface area (TPSA) is 85.1 Å². The summed E-state index contributed by atoms with van der Waals surface area (Å²) < 4.78 is 18.6. The van der Waals surface area contributed by atoms with Crippen molar-refractivity contribution in [1.29, 1.82) is 0 Å². The van der Waals surface area contributed by atoms with Gasteiger partial charge in [0.05, 0.1) is 12.8 Å². The molecule has 0 aromatic carbocycles. The Morgan fingerprint density at radius 2 is 2.29 bits per heavy atom. The fourth-order valence-electron chi connectivity index (χ4n) is 1.12. The Bertz CT molecular complexity index is 347. The van der Waals surface area contributed by atoms with Gasteiger partial charge in [-0.3, -0.25) is 5.43 Å². The number of hydrogen-bond acceptors (Lipinski definition) is 6. The van der Waals surface area contributed by atoms with Gasteiger partial charge in [0.25, 0.3) is 0 Å². The van der Waals surface area contributed by atoms with Crippen molar-refractivity contribution >= 4 is 11.8 Å². The van der Waals surface area contributed by atoms with Crippen molar-refractivity contribution in [2.24, 2.45) is 11.8 Å². The number of nitrogen functional groups attached to an aromatic ring is 1. The van der Waals surface area contributed by atoms with Crippen LogP contribution in [0.2, 0.25) is 0 Å². The normalized spacial score (nSPS) is 10.6. The zero-order valence-corrected chi connectivity index (χ0v) is 10.0. The van der Waals surface area contributed by atoms with Crippen molar-refractivity contribution in [1.82, 2.24) is 9.97 Å². The summed E-state index contributed by atoms with van der Waals surface area (Å²) in [5.74, 6) is 5.37. The predicted octanol–water partition coefficient (Wildman–Crippen LogP) is 0.986. The lowest BCUT2D eigenvalue weighted by atomic mass is 10.2. The van der Waals surface area contributed by atoms with Crippen molar-refractivity contribution in [3.8, 4) is 0 Å². The van der Waals surface area contributed by atoms with E-state index in [-0.39, 0.29) is 11.8 Å². The predicted molar refractivity (Wildman–Crippen MR) is 63.9 cm³/mol. The summed E-state index contributed by atoms with van der Waals surface area (Å²) in [6.07, 6.45) is 1.06. The Hall–Kier alpha value is -1.47. The molecule has 17 heavy (non-hydrogen) atoms. The number of rotatable bonds is 7. The zero-order chi connectivity index (χ0) is 12.7. The molecule has 1 aromatic heterocycles. The standard InChI is InChI=1S/C10H18FN5O/c1-7(2)6-17-4-3-13-9-8(11)5-14-10(15-9)16-12/h5,7H,3-4,6,12H2,1-2H3,(H2,13,14,15,16). The van der Waals surface area contributed by atoms with E-state index >= 15 is 0 Å². The molecule has 0 saturated carbocycles. The molecule has 96 valence electrons. The first-order valence-electron chi connectivity index (χ1n) is 5.44. The number of nitrogens with one attached hydrogen (secondary N) is 2. The highest BCUT2D eigenvalue weighted by atomic mass is 19.1. The fraction of sp³-hybridized carbons (Fsp3) is 0.600. The van der Waals surface area contributed by atoms with Gasteiger partial charge in [-0.25, -0.2) is 15.2 Å². The average Bonchev–Trinajstić information content (AvgIpc) is 2.30. The van der Waals surface area contributed by atoms with E-state index in [0.717, 1.165) is 6.20 Å². The number of hydrazine groups is 1. The lowest BCUT2D eigenvalue weighted by Gasteiger charge is -2.09. The van der Waals surface area contributed by atoms with Gasteiger partial charge in [-0.05, 0) is 5.92 Å². The molecule has 0 aliphatic rings. The molecule has 0 bridgehead atoms. The Morgan fingerprint density at radius 1 is 1.53 bits per heavy atom. The van der Waals surface area contributed by atoms with Gasteiger partial charge < -0.3 is 10.1 Å². The van der Waals surface area contributed by atoms with Crippen LogP contribution < -0.4 is 16.6 Å². The number of nitrogens with zero attached hydrogens (tertiary/aromatic N) is 2. The van der Waals surface area contributed by atoms with Crippen LogP contribution in [0.5, 0.6) is 0 Å². The first-order valence-corrected chi connectivity index (χ1v) is 5.44. The van der Waals surface area contributed by atoms with Crippen molar-refractivity contribution in [2.75, 3.05) is 30.5 Å². The molecule has 0 unspecified atom stereocenters. The summed E-state index contributed by atoms with van der Waals surface area (Å²) in [6, 6.07) is 0. The smallest absolute Gasteiger partial charge is 0.239 e. The number of aromatic nitrogens is 2. The SMILES string of the molecule is CC(C)COCCNc1nc(NN)ncc1F. The van der Waals surface area contributed by atoms with Gasteiger partial charge in [-0.2, -0.15) is 4.98 Å². The third-order valence-electron chi connectivity index (χ3n) is 1.86. The molecule has 7 heteroatoms. The Balaban J connectivity index is 2.35. The van der Waals surface area contributed by atoms with E-state index in [1.807, 2.05) is 0 Å². The number of hydrogen-bond donors (Lipinski definition) is 3. The highest BCUT2D eigenvalue weighted by Crippen LogP contribution is 2.10. The minimum Gasteiger partial charge on any atom is -0.379 e. The van der Waals surface area contributed by atoms with Gasteiger partial charge in [-0.15, -0.1) is 0 Å². The van der Waals surface area contributed by atoms with Gasteiger partial charge in [0.15, 0.2) is 11.6 Å². The summed E-state index contributed by atoms with van der Waals surface area (Å²) in [5, 5.41) is 2.81. The van der Waals surface area contributed by atoms with E-state index in [1.165, 1.54) is 0 Å². The quantitative estimate of drug-likeness (QED) is 0.376. The molecule has 6 nitrogen and oxygen atoms in total. The molecular weight excluding hydrogens is 225 g/mol. The van der Waals surface area contributed by atoms with Crippen LogP contribution in [0.1, 0.15) is 13.8 Å². The lowest BCUT2D eigenvalue weighted by Crippen LogP contribution is -2.16. The van der Waals surface area contributed by atoms with E-state index in [4.69, 9.17) is 10.6 Å². The maximum absolute atomic E-state index is 13.2. The summed E-state index contributed by atoms with van der Waals surface area (Å²) in [6.45, 7) is 5.79. The highest BCUT2D eigenvalue weighted by molar-refractivity contribution is 5.40. The first-order chi connectivity index (χ1) is 8.13. The minimum atomic E-state index is -0.521. The highest BCUT2D eigenvalue weighted by Gasteiger charge is 2.05. The van der Waals surface area contributed by atoms with Crippen molar-refractivity contribution in [2.45, 2.75) is 13.8 Å². The molecule has 0 spiro atoms. The summed E-state index contributed by atoms with van der Waals surface area (Å²) in [7, 11) is 0. The molecule has 0 aliphatic carbocycles. The lowest BCUT2D eigenvalue weighted by molar-refractivity contribution is 0.118. The maximum atomic E-state index is 13.2. The van der Waals surface area contributed by atoms with Crippen molar-refractivity contribution in [3.63, 3.8) is 0 Å². The molecule has 0 aliphatic heterocycles. The second-order valence-corrected chi connectivity index (χ2v) is 3.93. The number of halogens is 1. The van der Waals surface area contributed by atoms with E-state index in [9.17, 15) is 4.39 Å². The second kappa shape index (κ2) is 6.97. The molecule has 0 radical (unpaired) electrons. The summed E-state index contributed by atoms with van der Waals surface area (Å²) in [4.78, 5) is 7.47. The molecule has 0 atom stereocenters. The summed E-state index contributed by atoms with van der Waals surface area (Å²) >= 11 is 0. The number of ether oxygens (including phenoxy) is 1. The van der Waals surface area contributed by atoms with Gasteiger partial charge in [0.1, 0.15) is 0 Å². The Kier molecular flexibility index (Phi) is 5.58. The molecule has 0 saturated heterocycles. The Labute approximate surface area is 99.7 Å². The fourth-order valence-corrected chi connectivity index (χ4v) is 1.12. The van der Waals surface area contributed by atoms with E-state index in [0.29, 0.717) is 25.7 Å². The van der Waals surface area contributed by atoms with Gasteiger partial charge in [0, 0.05) is 13.2 Å². The van der Waals surface area contributed by atoms with E-state index < -0.39 is 5.82 Å². The second-order valence-electron chi connectivity index (χ2n) is 3.93. The van der Waals surface area contributed by atoms with Crippen LogP contribution in [-0.2, 0) is 4.74 Å². The number of nitrogens with two attached hydrogens (primary N) is 1. The number of anilines is 2.